The topological polar surface area (TPSA) is 69.5 Å². The number of hydrogen-bond acceptors (Lipinski definition) is 5. The molecule has 1 fully saturated rings. The molecule has 1 aliphatic rings. The molecule has 0 atom stereocenters. The fraction of sp³-hybridized carbons (Fsp3) is 0.375. The Labute approximate surface area is 192 Å². The van der Waals surface area contributed by atoms with Crippen LogP contribution in [-0.2, 0) is 11.3 Å². The smallest absolute Gasteiger partial charge is 0.410 e. The van der Waals surface area contributed by atoms with Gasteiger partial charge in [-0.25, -0.2) is 14.5 Å². The van der Waals surface area contributed by atoms with E-state index in [1.165, 1.54) is 0 Å². The molecule has 0 bridgehead atoms. The molecular formula is C24H27ClN4O3. The third kappa shape index (κ3) is 4.88. The van der Waals surface area contributed by atoms with E-state index in [-0.39, 0.29) is 6.09 Å². The average molecular weight is 455 g/mol. The van der Waals surface area contributed by atoms with Crippen molar-refractivity contribution in [1.29, 1.82) is 0 Å². The van der Waals surface area contributed by atoms with Crippen LogP contribution in [0.4, 0.5) is 4.79 Å². The Hall–Kier alpha value is -3.06. The van der Waals surface area contributed by atoms with E-state index in [1.807, 2.05) is 55.8 Å². The summed E-state index contributed by atoms with van der Waals surface area (Å²) >= 11 is 6.53. The van der Waals surface area contributed by atoms with Crippen LogP contribution < -0.4 is 4.74 Å². The monoisotopic (exact) mass is 454 g/mol. The zero-order chi connectivity index (χ0) is 22.9. The second-order valence-corrected chi connectivity index (χ2v) is 9.24. The van der Waals surface area contributed by atoms with E-state index in [0.29, 0.717) is 24.7 Å². The standard InChI is InChI=1S/C24H27ClN4O3/c1-24(2,3)32-23(30)28-12-10-17(14-28)13-20-21-19(25)9-11-26-22(21)29(27-20)15-16-5-7-18(31-4)8-6-16/h5-9,11,13H,10,12,14-15H2,1-4H3/b17-13-. The van der Waals surface area contributed by atoms with Gasteiger partial charge in [0.15, 0.2) is 5.65 Å². The zero-order valence-electron chi connectivity index (χ0n) is 18.8. The molecule has 0 saturated carbocycles. The molecule has 1 aliphatic heterocycles. The quantitative estimate of drug-likeness (QED) is 0.544. The fourth-order valence-electron chi connectivity index (χ4n) is 3.68. The molecule has 1 aromatic carbocycles. The lowest BCUT2D eigenvalue weighted by Gasteiger charge is -2.23. The highest BCUT2D eigenvalue weighted by Gasteiger charge is 2.27. The Kier molecular flexibility index (Phi) is 6.11. The molecule has 1 saturated heterocycles. The minimum absolute atomic E-state index is 0.296. The largest absolute Gasteiger partial charge is 0.497 e. The van der Waals surface area contributed by atoms with E-state index in [1.54, 1.807) is 24.3 Å². The van der Waals surface area contributed by atoms with Crippen LogP contribution in [-0.4, -0.2) is 51.6 Å². The number of carbonyl (C=O) groups excluding carboxylic acids is 1. The van der Waals surface area contributed by atoms with Crippen LogP contribution in [0.15, 0.2) is 42.1 Å². The van der Waals surface area contributed by atoms with E-state index in [0.717, 1.165) is 40.0 Å². The molecule has 8 heteroatoms. The molecular weight excluding hydrogens is 428 g/mol. The van der Waals surface area contributed by atoms with Crippen LogP contribution in [0.1, 0.15) is 38.4 Å². The van der Waals surface area contributed by atoms with Crippen molar-refractivity contribution in [2.45, 2.75) is 39.3 Å². The lowest BCUT2D eigenvalue weighted by molar-refractivity contribution is 0.0299. The van der Waals surface area contributed by atoms with Crippen molar-refractivity contribution in [3.8, 4) is 5.75 Å². The van der Waals surface area contributed by atoms with Crippen molar-refractivity contribution < 1.29 is 14.3 Å². The molecule has 4 rings (SSSR count). The summed E-state index contributed by atoms with van der Waals surface area (Å²) in [4.78, 5) is 18.6. The van der Waals surface area contributed by atoms with E-state index < -0.39 is 5.60 Å². The molecule has 0 unspecified atom stereocenters. The van der Waals surface area contributed by atoms with Gasteiger partial charge in [-0.15, -0.1) is 0 Å². The van der Waals surface area contributed by atoms with Gasteiger partial charge in [0.25, 0.3) is 0 Å². The SMILES string of the molecule is COc1ccc(Cn2nc(/C=C3/CCN(C(=O)OC(C)(C)C)C3)c3c(Cl)ccnc32)cc1. The maximum absolute atomic E-state index is 12.4. The molecule has 7 nitrogen and oxygen atoms in total. The zero-order valence-corrected chi connectivity index (χ0v) is 19.5. The van der Waals surface area contributed by atoms with Crippen LogP contribution >= 0.6 is 11.6 Å². The van der Waals surface area contributed by atoms with Crippen LogP contribution in [0.3, 0.4) is 0 Å². The second-order valence-electron chi connectivity index (χ2n) is 8.84. The summed E-state index contributed by atoms with van der Waals surface area (Å²) in [5.74, 6) is 0.807. The Morgan fingerprint density at radius 3 is 2.66 bits per heavy atom. The van der Waals surface area contributed by atoms with Gasteiger partial charge in [0.2, 0.25) is 0 Å². The van der Waals surface area contributed by atoms with Crippen LogP contribution in [0.5, 0.6) is 5.75 Å². The van der Waals surface area contributed by atoms with Gasteiger partial charge >= 0.3 is 6.09 Å². The number of ether oxygens (including phenoxy) is 2. The van der Waals surface area contributed by atoms with Crippen LogP contribution in [0, 0.1) is 0 Å². The summed E-state index contributed by atoms with van der Waals surface area (Å²) in [5.41, 5.74) is 3.15. The van der Waals surface area contributed by atoms with Gasteiger partial charge in [-0.3, -0.25) is 0 Å². The fourth-order valence-corrected chi connectivity index (χ4v) is 3.92. The summed E-state index contributed by atoms with van der Waals surface area (Å²) in [6.45, 7) is 7.30. The number of likely N-dealkylation sites (tertiary alicyclic amines) is 1. The third-order valence-electron chi connectivity index (χ3n) is 5.19. The second kappa shape index (κ2) is 8.82. The Bertz CT molecular complexity index is 1160. The normalized spacial score (nSPS) is 15.5. The Balaban J connectivity index is 1.61. The number of nitrogens with zero attached hydrogens (tertiary/aromatic N) is 4. The molecule has 0 radical (unpaired) electrons. The molecule has 3 aromatic rings. The number of pyridine rings is 1. The van der Waals surface area contributed by atoms with Crippen molar-refractivity contribution in [3.05, 3.63) is 58.4 Å². The number of carbonyl (C=O) groups is 1. The lowest BCUT2D eigenvalue weighted by Crippen LogP contribution is -2.34. The number of methoxy groups -OCH3 is 1. The summed E-state index contributed by atoms with van der Waals surface area (Å²) < 4.78 is 12.6. The maximum atomic E-state index is 12.4. The van der Waals surface area contributed by atoms with Crippen molar-refractivity contribution >= 4 is 34.8 Å². The average Bonchev–Trinajstić information content (AvgIpc) is 3.34. The predicted octanol–water partition coefficient (Wildman–Crippen LogP) is 5.17. The van der Waals surface area contributed by atoms with Crippen molar-refractivity contribution in [2.75, 3.05) is 20.2 Å². The molecule has 1 amide bonds. The van der Waals surface area contributed by atoms with Crippen molar-refractivity contribution in [2.24, 2.45) is 0 Å². The Morgan fingerprint density at radius 2 is 1.97 bits per heavy atom. The van der Waals surface area contributed by atoms with E-state index in [4.69, 9.17) is 26.2 Å². The first-order valence-corrected chi connectivity index (χ1v) is 10.9. The highest BCUT2D eigenvalue weighted by molar-refractivity contribution is 6.35. The predicted molar refractivity (Wildman–Crippen MR) is 125 cm³/mol. The highest BCUT2D eigenvalue weighted by Crippen LogP contribution is 2.29. The summed E-state index contributed by atoms with van der Waals surface area (Å²) in [5, 5.41) is 6.22. The van der Waals surface area contributed by atoms with Gasteiger partial charge < -0.3 is 14.4 Å². The van der Waals surface area contributed by atoms with Gasteiger partial charge in [-0.2, -0.15) is 5.10 Å². The molecule has 168 valence electrons. The number of fused-ring (bicyclic) bond motifs is 1. The van der Waals surface area contributed by atoms with E-state index in [9.17, 15) is 4.79 Å². The third-order valence-corrected chi connectivity index (χ3v) is 5.50. The summed E-state index contributed by atoms with van der Waals surface area (Å²) in [6, 6.07) is 9.63. The van der Waals surface area contributed by atoms with E-state index in [2.05, 4.69) is 4.98 Å². The van der Waals surface area contributed by atoms with Gasteiger partial charge in [0.05, 0.1) is 29.8 Å². The molecule has 0 spiro atoms. The highest BCUT2D eigenvalue weighted by atomic mass is 35.5. The number of benzene rings is 1. The number of aromatic nitrogens is 3. The molecule has 2 aromatic heterocycles. The number of hydrogen-bond donors (Lipinski definition) is 0. The van der Waals surface area contributed by atoms with E-state index >= 15 is 0 Å². The summed E-state index contributed by atoms with van der Waals surface area (Å²) in [7, 11) is 1.65. The Morgan fingerprint density at radius 1 is 1.22 bits per heavy atom. The first kappa shape index (κ1) is 22.1. The number of rotatable bonds is 4. The van der Waals surface area contributed by atoms with Gasteiger partial charge in [0, 0.05) is 19.3 Å². The first-order valence-electron chi connectivity index (χ1n) is 10.5. The van der Waals surface area contributed by atoms with Gasteiger partial charge in [-0.1, -0.05) is 23.7 Å². The summed E-state index contributed by atoms with van der Waals surface area (Å²) in [6.07, 6.45) is 4.18. The minimum atomic E-state index is -0.515. The lowest BCUT2D eigenvalue weighted by atomic mass is 10.1. The first-order chi connectivity index (χ1) is 15.2. The molecule has 3 heterocycles. The molecule has 32 heavy (non-hydrogen) atoms. The maximum Gasteiger partial charge on any atom is 0.410 e. The molecule has 0 N–H and O–H groups in total. The van der Waals surface area contributed by atoms with Gasteiger partial charge in [-0.05, 0) is 62.6 Å². The van der Waals surface area contributed by atoms with Gasteiger partial charge in [0.1, 0.15) is 11.4 Å². The van der Waals surface area contributed by atoms with Crippen molar-refractivity contribution in [1.82, 2.24) is 19.7 Å². The minimum Gasteiger partial charge on any atom is -0.497 e. The number of amides is 1. The van der Waals surface area contributed by atoms with Crippen molar-refractivity contribution in [3.63, 3.8) is 0 Å². The van der Waals surface area contributed by atoms with Crippen LogP contribution in [0.2, 0.25) is 5.02 Å². The van der Waals surface area contributed by atoms with Crippen LogP contribution in [0.25, 0.3) is 17.1 Å². The number of halogens is 1. The molecule has 0 aliphatic carbocycles.